The summed E-state index contributed by atoms with van der Waals surface area (Å²) >= 11 is 0. The molecule has 0 bridgehead atoms. The Morgan fingerprint density at radius 1 is 0.892 bits per heavy atom. The molecule has 6 nitrogen and oxygen atoms in total. The molecule has 1 heterocycles. The molecule has 3 aromatic carbocycles. The molecule has 5 rings (SSSR count). The highest BCUT2D eigenvalue weighted by atomic mass is 16.5. The fourth-order valence-corrected chi connectivity index (χ4v) is 5.19. The molecule has 37 heavy (non-hydrogen) atoms. The van der Waals surface area contributed by atoms with Gasteiger partial charge in [-0.1, -0.05) is 24.3 Å². The van der Waals surface area contributed by atoms with Gasteiger partial charge in [-0.15, -0.1) is 0 Å². The maximum Gasteiger partial charge on any atom is 0.300 e. The van der Waals surface area contributed by atoms with Crippen molar-refractivity contribution in [1.29, 1.82) is 0 Å². The average molecular weight is 498 g/mol. The molecule has 1 atom stereocenters. The minimum Gasteiger partial charge on any atom is -0.507 e. The molecule has 1 unspecified atom stereocenters. The number of aliphatic hydroxyl groups excluding tert-OH is 1. The van der Waals surface area contributed by atoms with Gasteiger partial charge in [0.25, 0.3) is 11.7 Å². The van der Waals surface area contributed by atoms with Crippen molar-refractivity contribution >= 4 is 23.1 Å². The minimum atomic E-state index is -0.794. The Bertz CT molecular complexity index is 1360. The lowest BCUT2D eigenvalue weighted by atomic mass is 9.88. The number of benzene rings is 3. The second-order valence-corrected chi connectivity index (χ2v) is 9.79. The van der Waals surface area contributed by atoms with Gasteiger partial charge in [-0.2, -0.15) is 0 Å². The SMILES string of the molecule is COc1ccc(N2C(=O)C(=O)/C(=C(\O)c3ccc4c(c3)CCCC4)C2c2ccc(OC(C)C)cc2)cc1. The number of aryl methyl sites for hydroxylation is 2. The number of amides is 1. The van der Waals surface area contributed by atoms with Crippen molar-refractivity contribution in [1.82, 2.24) is 0 Å². The van der Waals surface area contributed by atoms with Gasteiger partial charge in [0.05, 0.1) is 24.8 Å². The maximum atomic E-state index is 13.5. The van der Waals surface area contributed by atoms with E-state index < -0.39 is 17.7 Å². The summed E-state index contributed by atoms with van der Waals surface area (Å²) in [5.41, 5.74) is 4.34. The number of hydrogen-bond donors (Lipinski definition) is 1. The van der Waals surface area contributed by atoms with Gasteiger partial charge in [0, 0.05) is 11.3 Å². The number of aliphatic hydroxyl groups is 1. The molecule has 1 saturated heterocycles. The van der Waals surface area contributed by atoms with Crippen molar-refractivity contribution in [3.63, 3.8) is 0 Å². The first-order chi connectivity index (χ1) is 17.9. The van der Waals surface area contributed by atoms with E-state index in [0.29, 0.717) is 28.3 Å². The van der Waals surface area contributed by atoms with E-state index >= 15 is 0 Å². The van der Waals surface area contributed by atoms with Crippen molar-refractivity contribution < 1.29 is 24.2 Å². The smallest absolute Gasteiger partial charge is 0.300 e. The zero-order valence-corrected chi connectivity index (χ0v) is 21.4. The van der Waals surface area contributed by atoms with E-state index in [-0.39, 0.29) is 17.4 Å². The summed E-state index contributed by atoms with van der Waals surface area (Å²) in [5.74, 6) is -0.220. The van der Waals surface area contributed by atoms with Gasteiger partial charge in [0.15, 0.2) is 0 Å². The molecule has 3 aromatic rings. The third-order valence-electron chi connectivity index (χ3n) is 6.98. The molecule has 190 valence electrons. The number of hydrogen-bond acceptors (Lipinski definition) is 5. The topological polar surface area (TPSA) is 76.1 Å². The number of rotatable bonds is 6. The summed E-state index contributed by atoms with van der Waals surface area (Å²) in [7, 11) is 1.57. The van der Waals surface area contributed by atoms with E-state index in [2.05, 4.69) is 0 Å². The van der Waals surface area contributed by atoms with Crippen LogP contribution in [-0.4, -0.2) is 30.0 Å². The molecule has 6 heteroatoms. The van der Waals surface area contributed by atoms with Crippen LogP contribution in [-0.2, 0) is 22.4 Å². The number of fused-ring (bicyclic) bond motifs is 1. The van der Waals surface area contributed by atoms with Crippen LogP contribution < -0.4 is 14.4 Å². The number of anilines is 1. The average Bonchev–Trinajstić information content (AvgIpc) is 3.18. The molecule has 0 spiro atoms. The number of carbonyl (C=O) groups excluding carboxylic acids is 2. The Balaban J connectivity index is 1.64. The van der Waals surface area contributed by atoms with Crippen molar-refractivity contribution in [2.24, 2.45) is 0 Å². The van der Waals surface area contributed by atoms with Gasteiger partial charge in [-0.05, 0) is 98.7 Å². The summed E-state index contributed by atoms with van der Waals surface area (Å²) in [6.45, 7) is 3.90. The van der Waals surface area contributed by atoms with Crippen LogP contribution in [0, 0.1) is 0 Å². The molecule has 0 radical (unpaired) electrons. The zero-order chi connectivity index (χ0) is 26.1. The third kappa shape index (κ3) is 4.71. The monoisotopic (exact) mass is 497 g/mol. The fraction of sp³-hybridized carbons (Fsp3) is 0.290. The number of carbonyl (C=O) groups is 2. The van der Waals surface area contributed by atoms with Crippen LogP contribution in [0.15, 0.2) is 72.3 Å². The van der Waals surface area contributed by atoms with Crippen LogP contribution in [0.4, 0.5) is 5.69 Å². The Labute approximate surface area is 217 Å². The van der Waals surface area contributed by atoms with Crippen LogP contribution in [0.25, 0.3) is 5.76 Å². The fourth-order valence-electron chi connectivity index (χ4n) is 5.19. The first-order valence-electron chi connectivity index (χ1n) is 12.7. The molecular weight excluding hydrogens is 466 g/mol. The van der Waals surface area contributed by atoms with E-state index in [0.717, 1.165) is 25.7 Å². The number of Topliss-reactive ketones (excluding diaryl/α,β-unsaturated/α-hetero) is 1. The Kier molecular flexibility index (Phi) is 6.74. The van der Waals surface area contributed by atoms with Crippen LogP contribution in [0.1, 0.15) is 55.0 Å². The van der Waals surface area contributed by atoms with Crippen LogP contribution in [0.5, 0.6) is 11.5 Å². The standard InChI is InChI=1S/C31H31NO5/c1-19(2)37-26-14-10-21(11-15-26)28-27(29(33)23-9-8-20-6-4-5-7-22(20)18-23)30(34)31(35)32(28)24-12-16-25(36-3)17-13-24/h8-19,28,33H,4-7H2,1-3H3/b29-27-. The molecule has 1 aliphatic heterocycles. The predicted octanol–water partition coefficient (Wildman–Crippen LogP) is 5.99. The number of nitrogens with zero attached hydrogens (tertiary/aromatic N) is 1. The highest BCUT2D eigenvalue weighted by molar-refractivity contribution is 6.51. The molecule has 0 aromatic heterocycles. The van der Waals surface area contributed by atoms with Gasteiger partial charge in [0.2, 0.25) is 0 Å². The summed E-state index contributed by atoms with van der Waals surface area (Å²) in [4.78, 5) is 28.3. The van der Waals surface area contributed by atoms with E-state index in [1.807, 2.05) is 56.3 Å². The van der Waals surface area contributed by atoms with E-state index in [9.17, 15) is 14.7 Å². The predicted molar refractivity (Wildman–Crippen MR) is 143 cm³/mol. The lowest BCUT2D eigenvalue weighted by molar-refractivity contribution is -0.132. The van der Waals surface area contributed by atoms with Gasteiger partial charge in [-0.3, -0.25) is 14.5 Å². The van der Waals surface area contributed by atoms with Gasteiger partial charge >= 0.3 is 0 Å². The van der Waals surface area contributed by atoms with Crippen molar-refractivity contribution in [2.75, 3.05) is 12.0 Å². The zero-order valence-electron chi connectivity index (χ0n) is 21.4. The lowest BCUT2D eigenvalue weighted by Gasteiger charge is -2.26. The maximum absolute atomic E-state index is 13.5. The summed E-state index contributed by atoms with van der Waals surface area (Å²) in [5, 5.41) is 11.5. The van der Waals surface area contributed by atoms with Crippen LogP contribution in [0.3, 0.4) is 0 Å². The first kappa shape index (κ1) is 24.6. The van der Waals surface area contributed by atoms with Crippen molar-refractivity contribution in [2.45, 2.75) is 51.7 Å². The Hall–Kier alpha value is -4.06. The van der Waals surface area contributed by atoms with Crippen LogP contribution >= 0.6 is 0 Å². The molecular formula is C31H31NO5. The summed E-state index contributed by atoms with van der Waals surface area (Å²) in [6.07, 6.45) is 4.23. The highest BCUT2D eigenvalue weighted by Gasteiger charge is 2.47. The number of ketones is 1. The normalized spacial score (nSPS) is 18.7. The van der Waals surface area contributed by atoms with Crippen molar-refractivity contribution in [3.8, 4) is 11.5 Å². The third-order valence-corrected chi connectivity index (χ3v) is 6.98. The van der Waals surface area contributed by atoms with Gasteiger partial charge < -0.3 is 14.6 Å². The van der Waals surface area contributed by atoms with Crippen molar-refractivity contribution in [3.05, 3.63) is 94.6 Å². The lowest BCUT2D eigenvalue weighted by Crippen LogP contribution is -2.29. The quantitative estimate of drug-likeness (QED) is 0.257. The number of ether oxygens (including phenoxy) is 2. The minimum absolute atomic E-state index is 0.0137. The molecule has 1 fully saturated rings. The summed E-state index contributed by atoms with van der Waals surface area (Å²) < 4.78 is 11.0. The van der Waals surface area contributed by atoms with Gasteiger partial charge in [0.1, 0.15) is 17.3 Å². The molecule has 0 saturated carbocycles. The second-order valence-electron chi connectivity index (χ2n) is 9.79. The van der Waals surface area contributed by atoms with Crippen LogP contribution in [0.2, 0.25) is 0 Å². The Morgan fingerprint density at radius 2 is 1.54 bits per heavy atom. The molecule has 1 N–H and O–H groups in total. The Morgan fingerprint density at radius 3 is 2.19 bits per heavy atom. The van der Waals surface area contributed by atoms with E-state index in [4.69, 9.17) is 9.47 Å². The molecule has 2 aliphatic rings. The second kappa shape index (κ2) is 10.1. The largest absolute Gasteiger partial charge is 0.507 e. The van der Waals surface area contributed by atoms with E-state index in [1.54, 1.807) is 31.4 Å². The molecule has 1 amide bonds. The number of methoxy groups -OCH3 is 1. The molecule has 1 aliphatic carbocycles. The first-order valence-corrected chi connectivity index (χ1v) is 12.7. The van der Waals surface area contributed by atoms with Gasteiger partial charge in [-0.25, -0.2) is 0 Å². The van der Waals surface area contributed by atoms with E-state index in [1.165, 1.54) is 16.0 Å². The summed E-state index contributed by atoms with van der Waals surface area (Å²) in [6, 6.07) is 19.3. The highest BCUT2D eigenvalue weighted by Crippen LogP contribution is 2.43.